The third-order valence-electron chi connectivity index (χ3n) is 3.37. The van der Waals surface area contributed by atoms with Crippen LogP contribution in [0.4, 0.5) is 0 Å². The first kappa shape index (κ1) is 16.1. The molecule has 0 atom stereocenters. The number of nitrogens with zero attached hydrogens (tertiary/aromatic N) is 2. The molecule has 118 valence electrons. The van der Waals surface area contributed by atoms with Crippen molar-refractivity contribution in [3.63, 3.8) is 0 Å². The average Bonchev–Trinajstić information content (AvgIpc) is 2.79. The van der Waals surface area contributed by atoms with Crippen molar-refractivity contribution in [2.45, 2.75) is 27.2 Å². The number of aryl methyl sites for hydroxylation is 1. The lowest BCUT2D eigenvalue weighted by Crippen LogP contribution is -2.09. The fraction of sp³-hybridized carbons (Fsp3) is 0.412. The summed E-state index contributed by atoms with van der Waals surface area (Å²) in [6.07, 6.45) is 0.924. The second-order valence-electron chi connectivity index (χ2n) is 6.62. The van der Waals surface area contributed by atoms with E-state index in [0.717, 1.165) is 17.7 Å². The van der Waals surface area contributed by atoms with E-state index >= 15 is 0 Å². The smallest absolute Gasteiger partial charge is 0.356 e. The SMILES string of the molecule is COc1ccc(CC(C)(C)C)cc1-c1cc(C(=O)O)nn1C. The predicted molar refractivity (Wildman–Crippen MR) is 85.3 cm³/mol. The zero-order valence-electron chi connectivity index (χ0n) is 13.7. The summed E-state index contributed by atoms with van der Waals surface area (Å²) < 4.78 is 6.99. The monoisotopic (exact) mass is 302 g/mol. The molecular formula is C17H22N2O3. The Morgan fingerprint density at radius 3 is 2.50 bits per heavy atom. The van der Waals surface area contributed by atoms with Gasteiger partial charge in [0.15, 0.2) is 5.69 Å². The van der Waals surface area contributed by atoms with E-state index in [9.17, 15) is 4.79 Å². The Bertz CT molecular complexity index is 696. The molecule has 0 bridgehead atoms. The third kappa shape index (κ3) is 3.47. The second kappa shape index (κ2) is 5.83. The standard InChI is InChI=1S/C17H22N2O3/c1-17(2,3)10-11-6-7-15(22-5)12(8-11)14-9-13(16(20)21)18-19(14)4/h6-9H,10H2,1-5H3,(H,20,21). The minimum Gasteiger partial charge on any atom is -0.496 e. The summed E-state index contributed by atoms with van der Waals surface area (Å²) in [6.45, 7) is 6.55. The van der Waals surface area contributed by atoms with Crippen LogP contribution in [-0.2, 0) is 13.5 Å². The maximum absolute atomic E-state index is 11.1. The minimum atomic E-state index is -1.04. The Hall–Kier alpha value is -2.30. The van der Waals surface area contributed by atoms with Crippen LogP contribution in [0.5, 0.6) is 5.75 Å². The Balaban J connectivity index is 2.52. The number of carboxylic acids is 1. The highest BCUT2D eigenvalue weighted by molar-refractivity contribution is 5.87. The highest BCUT2D eigenvalue weighted by atomic mass is 16.5. The number of hydrogen-bond donors (Lipinski definition) is 1. The average molecular weight is 302 g/mol. The van der Waals surface area contributed by atoms with Crippen LogP contribution in [0.1, 0.15) is 36.8 Å². The van der Waals surface area contributed by atoms with Crippen LogP contribution >= 0.6 is 0 Å². The van der Waals surface area contributed by atoms with Crippen molar-refractivity contribution in [3.8, 4) is 17.0 Å². The van der Waals surface area contributed by atoms with E-state index in [1.54, 1.807) is 24.9 Å². The summed E-state index contributed by atoms with van der Waals surface area (Å²) in [5.74, 6) is -0.329. The molecule has 0 saturated carbocycles. The van der Waals surface area contributed by atoms with E-state index in [0.29, 0.717) is 5.75 Å². The van der Waals surface area contributed by atoms with Gasteiger partial charge in [0.1, 0.15) is 5.75 Å². The zero-order chi connectivity index (χ0) is 16.5. The highest BCUT2D eigenvalue weighted by Gasteiger charge is 2.18. The zero-order valence-corrected chi connectivity index (χ0v) is 13.7. The van der Waals surface area contributed by atoms with Gasteiger partial charge in [-0.05, 0) is 35.6 Å². The van der Waals surface area contributed by atoms with E-state index in [1.165, 1.54) is 5.56 Å². The molecule has 0 aliphatic rings. The number of rotatable bonds is 4. The molecule has 2 rings (SSSR count). The molecule has 0 radical (unpaired) electrons. The topological polar surface area (TPSA) is 64.3 Å². The van der Waals surface area contributed by atoms with E-state index in [4.69, 9.17) is 9.84 Å². The van der Waals surface area contributed by atoms with Gasteiger partial charge in [-0.1, -0.05) is 26.8 Å². The lowest BCUT2D eigenvalue weighted by molar-refractivity contribution is 0.0689. The van der Waals surface area contributed by atoms with Crippen molar-refractivity contribution in [2.24, 2.45) is 12.5 Å². The van der Waals surface area contributed by atoms with Gasteiger partial charge in [0.05, 0.1) is 12.8 Å². The summed E-state index contributed by atoms with van der Waals surface area (Å²) in [4.78, 5) is 11.1. The van der Waals surface area contributed by atoms with Gasteiger partial charge in [0.25, 0.3) is 0 Å². The van der Waals surface area contributed by atoms with Crippen molar-refractivity contribution in [1.29, 1.82) is 0 Å². The van der Waals surface area contributed by atoms with Crippen LogP contribution in [-0.4, -0.2) is 28.0 Å². The molecule has 5 heteroatoms. The van der Waals surface area contributed by atoms with Gasteiger partial charge in [-0.3, -0.25) is 4.68 Å². The molecule has 1 heterocycles. The van der Waals surface area contributed by atoms with E-state index < -0.39 is 5.97 Å². The lowest BCUT2D eigenvalue weighted by atomic mass is 9.87. The van der Waals surface area contributed by atoms with Crippen molar-refractivity contribution in [3.05, 3.63) is 35.5 Å². The Labute approximate surface area is 130 Å². The molecule has 0 aliphatic heterocycles. The normalized spacial score (nSPS) is 11.5. The summed E-state index contributed by atoms with van der Waals surface area (Å²) in [7, 11) is 3.34. The van der Waals surface area contributed by atoms with E-state index in [-0.39, 0.29) is 11.1 Å². The van der Waals surface area contributed by atoms with Crippen molar-refractivity contribution in [2.75, 3.05) is 7.11 Å². The van der Waals surface area contributed by atoms with Crippen molar-refractivity contribution < 1.29 is 14.6 Å². The molecule has 1 N–H and O–H groups in total. The quantitative estimate of drug-likeness (QED) is 0.940. The van der Waals surface area contributed by atoms with Gasteiger partial charge >= 0.3 is 5.97 Å². The maximum Gasteiger partial charge on any atom is 0.356 e. The lowest BCUT2D eigenvalue weighted by Gasteiger charge is -2.19. The Kier molecular flexibility index (Phi) is 4.26. The molecule has 1 aromatic carbocycles. The number of carboxylic acid groups (broad SMARTS) is 1. The largest absolute Gasteiger partial charge is 0.496 e. The van der Waals surface area contributed by atoms with Crippen LogP contribution in [0.15, 0.2) is 24.3 Å². The van der Waals surface area contributed by atoms with Gasteiger partial charge in [-0.2, -0.15) is 5.10 Å². The molecule has 0 unspecified atom stereocenters. The van der Waals surface area contributed by atoms with Crippen LogP contribution in [0, 0.1) is 5.41 Å². The Morgan fingerprint density at radius 1 is 1.32 bits per heavy atom. The summed E-state index contributed by atoms with van der Waals surface area (Å²) in [6, 6.07) is 7.58. The molecule has 0 aliphatic carbocycles. The molecule has 1 aromatic heterocycles. The molecule has 0 fully saturated rings. The molecule has 0 amide bonds. The highest BCUT2D eigenvalue weighted by Crippen LogP contribution is 2.33. The van der Waals surface area contributed by atoms with Gasteiger partial charge in [-0.15, -0.1) is 0 Å². The second-order valence-corrected chi connectivity index (χ2v) is 6.62. The number of carbonyl (C=O) groups is 1. The van der Waals surface area contributed by atoms with Gasteiger partial charge in [-0.25, -0.2) is 4.79 Å². The van der Waals surface area contributed by atoms with Crippen molar-refractivity contribution in [1.82, 2.24) is 9.78 Å². The number of methoxy groups -OCH3 is 1. The minimum absolute atomic E-state index is 0.0285. The van der Waals surface area contributed by atoms with Gasteiger partial charge < -0.3 is 9.84 Å². The first-order chi connectivity index (χ1) is 10.2. The number of aromatic carboxylic acids is 1. The van der Waals surface area contributed by atoms with E-state index in [1.807, 2.05) is 18.2 Å². The third-order valence-corrected chi connectivity index (χ3v) is 3.37. The molecule has 2 aromatic rings. The van der Waals surface area contributed by atoms with Gasteiger partial charge in [0, 0.05) is 12.6 Å². The predicted octanol–water partition coefficient (Wildman–Crippen LogP) is 3.38. The molecule has 22 heavy (non-hydrogen) atoms. The number of aromatic nitrogens is 2. The number of ether oxygens (including phenoxy) is 1. The van der Waals surface area contributed by atoms with Gasteiger partial charge in [0.2, 0.25) is 0 Å². The molecular weight excluding hydrogens is 280 g/mol. The van der Waals surface area contributed by atoms with Crippen LogP contribution in [0.2, 0.25) is 0 Å². The summed E-state index contributed by atoms with van der Waals surface area (Å²) in [5, 5.41) is 13.1. The fourth-order valence-corrected chi connectivity index (χ4v) is 2.50. The summed E-state index contributed by atoms with van der Waals surface area (Å²) >= 11 is 0. The first-order valence-electron chi connectivity index (χ1n) is 7.16. The van der Waals surface area contributed by atoms with Crippen molar-refractivity contribution >= 4 is 5.97 Å². The van der Waals surface area contributed by atoms with Crippen LogP contribution < -0.4 is 4.74 Å². The molecule has 5 nitrogen and oxygen atoms in total. The molecule has 0 saturated heterocycles. The van der Waals surface area contributed by atoms with E-state index in [2.05, 4.69) is 25.9 Å². The van der Waals surface area contributed by atoms with Crippen LogP contribution in [0.25, 0.3) is 11.3 Å². The number of hydrogen-bond acceptors (Lipinski definition) is 3. The maximum atomic E-state index is 11.1. The summed E-state index contributed by atoms with van der Waals surface area (Å²) in [5.41, 5.74) is 2.96. The fourth-order valence-electron chi connectivity index (χ4n) is 2.50. The Morgan fingerprint density at radius 2 is 2.00 bits per heavy atom. The first-order valence-corrected chi connectivity index (χ1v) is 7.16. The van der Waals surface area contributed by atoms with Crippen LogP contribution in [0.3, 0.4) is 0 Å². The molecule has 0 spiro atoms. The number of benzene rings is 1.